The van der Waals surface area contributed by atoms with Crippen molar-refractivity contribution in [3.8, 4) is 5.75 Å². The molecule has 0 aliphatic carbocycles. The number of anilines is 1. The molecule has 1 saturated heterocycles. The standard InChI is InChI=1S/C30H34N2O7S/c1-37-25-5-2-3-6-27(25)40-19-24-17-26(21-11-9-20(18-33)10-12-21)39-30(38-24)22-13-15-23(16-14-22)31-28(34)7-4-8-29(35)32-36/h2-3,5-6,9-16,24,26,30,33,36H,4,7-8,17-19H2,1H3,(H,31,34)(H,32,35). The van der Waals surface area contributed by atoms with E-state index in [0.717, 1.165) is 27.3 Å². The van der Waals surface area contributed by atoms with Gasteiger partial charge < -0.3 is 24.6 Å². The second-order valence-corrected chi connectivity index (χ2v) is 10.4. The van der Waals surface area contributed by atoms with Gasteiger partial charge in [0.25, 0.3) is 0 Å². The van der Waals surface area contributed by atoms with Crippen molar-refractivity contribution in [3.63, 3.8) is 0 Å². The molecule has 1 aliphatic heterocycles. The maximum Gasteiger partial charge on any atom is 0.243 e. The Balaban J connectivity index is 1.44. The average Bonchev–Trinajstić information content (AvgIpc) is 3.00. The number of carbonyl (C=O) groups is 2. The zero-order chi connectivity index (χ0) is 28.3. The molecule has 212 valence electrons. The van der Waals surface area contributed by atoms with Crippen LogP contribution in [0.25, 0.3) is 0 Å². The van der Waals surface area contributed by atoms with Gasteiger partial charge in [0.1, 0.15) is 5.75 Å². The number of aliphatic hydroxyl groups is 1. The fraction of sp³-hybridized carbons (Fsp3) is 0.333. The molecule has 10 heteroatoms. The van der Waals surface area contributed by atoms with Crippen LogP contribution in [0.1, 0.15) is 54.8 Å². The second kappa shape index (κ2) is 14.8. The van der Waals surface area contributed by atoms with Gasteiger partial charge in [-0.3, -0.25) is 14.8 Å². The van der Waals surface area contributed by atoms with Crippen LogP contribution in [0.4, 0.5) is 5.69 Å². The van der Waals surface area contributed by atoms with Crippen LogP contribution in [0.3, 0.4) is 0 Å². The predicted molar refractivity (Wildman–Crippen MR) is 151 cm³/mol. The summed E-state index contributed by atoms with van der Waals surface area (Å²) in [5, 5.41) is 20.8. The first-order valence-corrected chi connectivity index (χ1v) is 14.1. The van der Waals surface area contributed by atoms with Gasteiger partial charge in [-0.2, -0.15) is 0 Å². The van der Waals surface area contributed by atoms with Crippen LogP contribution in [0.5, 0.6) is 5.75 Å². The third-order valence-corrected chi connectivity index (χ3v) is 7.69. The third-order valence-electron chi connectivity index (χ3n) is 6.51. The van der Waals surface area contributed by atoms with Crippen molar-refractivity contribution in [2.75, 3.05) is 18.2 Å². The molecule has 4 N–H and O–H groups in total. The molecule has 3 atom stereocenters. The van der Waals surface area contributed by atoms with Crippen LogP contribution in [0.15, 0.2) is 77.7 Å². The average molecular weight is 567 g/mol. The summed E-state index contributed by atoms with van der Waals surface area (Å²) in [5.41, 5.74) is 4.85. The number of carbonyl (C=O) groups excluding carboxylic acids is 2. The molecular formula is C30H34N2O7S. The third kappa shape index (κ3) is 8.30. The molecule has 3 aromatic rings. The lowest BCUT2D eigenvalue weighted by atomic mass is 10.0. The highest BCUT2D eigenvalue weighted by Crippen LogP contribution is 2.40. The van der Waals surface area contributed by atoms with E-state index in [2.05, 4.69) is 5.32 Å². The van der Waals surface area contributed by atoms with Crippen molar-refractivity contribution < 1.29 is 34.1 Å². The highest BCUT2D eigenvalue weighted by molar-refractivity contribution is 7.99. The Morgan fingerprint density at radius 3 is 2.35 bits per heavy atom. The summed E-state index contributed by atoms with van der Waals surface area (Å²) in [6.07, 6.45) is 0.304. The van der Waals surface area contributed by atoms with Gasteiger partial charge in [-0.25, -0.2) is 5.48 Å². The molecule has 3 unspecified atom stereocenters. The number of para-hydroxylation sites is 1. The van der Waals surface area contributed by atoms with Gasteiger partial charge in [-0.1, -0.05) is 48.5 Å². The van der Waals surface area contributed by atoms with Crippen LogP contribution in [-0.2, 0) is 25.7 Å². The minimum Gasteiger partial charge on any atom is -0.496 e. The highest BCUT2D eigenvalue weighted by atomic mass is 32.2. The molecule has 0 spiro atoms. The van der Waals surface area contributed by atoms with Gasteiger partial charge >= 0.3 is 0 Å². The Bertz CT molecular complexity index is 1250. The number of hydroxylamine groups is 1. The molecule has 3 aromatic carbocycles. The first kappa shape index (κ1) is 29.6. The molecule has 1 heterocycles. The van der Waals surface area contributed by atoms with E-state index in [4.69, 9.17) is 19.4 Å². The molecule has 1 aliphatic rings. The van der Waals surface area contributed by atoms with E-state index < -0.39 is 12.2 Å². The van der Waals surface area contributed by atoms with Crippen LogP contribution < -0.4 is 15.5 Å². The maximum atomic E-state index is 12.2. The van der Waals surface area contributed by atoms with Gasteiger partial charge in [0.05, 0.1) is 25.9 Å². The first-order valence-electron chi connectivity index (χ1n) is 13.1. The lowest BCUT2D eigenvalue weighted by Crippen LogP contribution is -2.31. The normalized spacial score (nSPS) is 18.6. The van der Waals surface area contributed by atoms with Gasteiger partial charge in [0, 0.05) is 41.2 Å². The topological polar surface area (TPSA) is 126 Å². The second-order valence-electron chi connectivity index (χ2n) is 9.37. The summed E-state index contributed by atoms with van der Waals surface area (Å²) in [7, 11) is 1.66. The Hall–Kier alpha value is -3.41. The summed E-state index contributed by atoms with van der Waals surface area (Å²) in [6, 6.07) is 22.9. The van der Waals surface area contributed by atoms with Crippen molar-refractivity contribution in [2.24, 2.45) is 0 Å². The van der Waals surface area contributed by atoms with Crippen molar-refractivity contribution in [1.29, 1.82) is 0 Å². The minimum absolute atomic E-state index is 0.0173. The zero-order valence-electron chi connectivity index (χ0n) is 22.2. The summed E-state index contributed by atoms with van der Waals surface area (Å²) >= 11 is 1.67. The fourth-order valence-electron chi connectivity index (χ4n) is 4.36. The number of aliphatic hydroxyl groups excluding tert-OH is 1. The Labute approximate surface area is 237 Å². The number of hydrogen-bond donors (Lipinski definition) is 4. The fourth-order valence-corrected chi connectivity index (χ4v) is 5.40. The monoisotopic (exact) mass is 566 g/mol. The minimum atomic E-state index is -0.610. The van der Waals surface area contributed by atoms with E-state index in [-0.39, 0.29) is 37.6 Å². The number of amides is 2. The molecule has 2 amide bonds. The van der Waals surface area contributed by atoms with Crippen molar-refractivity contribution >= 4 is 29.3 Å². The molecule has 0 bridgehead atoms. The molecule has 0 aromatic heterocycles. The van der Waals surface area contributed by atoms with E-state index >= 15 is 0 Å². The van der Waals surface area contributed by atoms with Gasteiger partial charge in [-0.15, -0.1) is 11.8 Å². The van der Waals surface area contributed by atoms with Gasteiger partial charge in [0.15, 0.2) is 6.29 Å². The van der Waals surface area contributed by atoms with E-state index in [1.54, 1.807) is 36.5 Å². The number of benzene rings is 3. The zero-order valence-corrected chi connectivity index (χ0v) is 23.1. The number of nitrogens with one attached hydrogen (secondary N) is 2. The number of ether oxygens (including phenoxy) is 3. The van der Waals surface area contributed by atoms with E-state index in [0.29, 0.717) is 24.3 Å². The molecule has 0 saturated carbocycles. The van der Waals surface area contributed by atoms with E-state index in [1.165, 1.54) is 0 Å². The number of methoxy groups -OCH3 is 1. The lowest BCUT2D eigenvalue weighted by molar-refractivity contribution is -0.245. The number of thioether (sulfide) groups is 1. The Kier molecular flexibility index (Phi) is 11.0. The molecule has 40 heavy (non-hydrogen) atoms. The van der Waals surface area contributed by atoms with Crippen LogP contribution in [-0.4, -0.2) is 41.1 Å². The van der Waals surface area contributed by atoms with Gasteiger partial charge in [0.2, 0.25) is 11.8 Å². The number of rotatable bonds is 12. The van der Waals surface area contributed by atoms with Gasteiger partial charge in [-0.05, 0) is 41.8 Å². The van der Waals surface area contributed by atoms with E-state index in [9.17, 15) is 14.7 Å². The van der Waals surface area contributed by atoms with Crippen LogP contribution >= 0.6 is 11.8 Å². The molecule has 1 fully saturated rings. The number of hydrogen-bond acceptors (Lipinski definition) is 8. The molecular weight excluding hydrogens is 532 g/mol. The van der Waals surface area contributed by atoms with Crippen molar-refractivity contribution in [2.45, 2.75) is 55.7 Å². The summed E-state index contributed by atoms with van der Waals surface area (Å²) in [4.78, 5) is 24.4. The predicted octanol–water partition coefficient (Wildman–Crippen LogP) is 5.14. The highest BCUT2D eigenvalue weighted by Gasteiger charge is 2.32. The summed E-state index contributed by atoms with van der Waals surface area (Å²) < 4.78 is 18.3. The molecule has 9 nitrogen and oxygen atoms in total. The SMILES string of the molecule is COc1ccccc1SCC1CC(c2ccc(CO)cc2)OC(c2ccc(NC(=O)CCCC(=O)NO)cc2)O1. The smallest absolute Gasteiger partial charge is 0.243 e. The first-order chi connectivity index (χ1) is 19.5. The Morgan fingerprint density at radius 1 is 0.950 bits per heavy atom. The molecule has 0 radical (unpaired) electrons. The van der Waals surface area contributed by atoms with Crippen molar-refractivity contribution in [1.82, 2.24) is 5.48 Å². The Morgan fingerprint density at radius 2 is 1.65 bits per heavy atom. The van der Waals surface area contributed by atoms with E-state index in [1.807, 2.05) is 60.7 Å². The largest absolute Gasteiger partial charge is 0.496 e. The molecule has 4 rings (SSSR count). The lowest BCUT2D eigenvalue weighted by Gasteiger charge is -2.36. The quantitative estimate of drug-likeness (QED) is 0.135. The van der Waals surface area contributed by atoms with Crippen molar-refractivity contribution in [3.05, 3.63) is 89.5 Å². The van der Waals surface area contributed by atoms with Crippen LogP contribution in [0, 0.1) is 0 Å². The maximum absolute atomic E-state index is 12.2. The summed E-state index contributed by atoms with van der Waals surface area (Å²) in [6.45, 7) is -0.0173. The van der Waals surface area contributed by atoms with Crippen LogP contribution in [0.2, 0.25) is 0 Å². The summed E-state index contributed by atoms with van der Waals surface area (Å²) in [5.74, 6) is 0.783.